The molecule has 3 rings (SSSR count). The maximum atomic E-state index is 12.6. The first-order valence-corrected chi connectivity index (χ1v) is 12.3. The highest BCUT2D eigenvalue weighted by Gasteiger charge is 2.18. The number of aromatic nitrogens is 2. The number of amides is 1. The van der Waals surface area contributed by atoms with Crippen LogP contribution in [0.2, 0.25) is 5.02 Å². The molecular formula is C28H32ClN4O3. The first kappa shape index (κ1) is 27.1. The van der Waals surface area contributed by atoms with E-state index in [0.717, 1.165) is 28.3 Å². The Bertz CT molecular complexity index is 1260. The summed E-state index contributed by atoms with van der Waals surface area (Å²) >= 11 is 6.51. The van der Waals surface area contributed by atoms with E-state index in [1.165, 1.54) is 0 Å². The number of nitriles is 1. The highest BCUT2D eigenvalue weighted by molar-refractivity contribution is 6.33. The largest absolute Gasteiger partial charge is 0.493 e. The van der Waals surface area contributed by atoms with Gasteiger partial charge in [-0.15, -0.1) is 0 Å². The number of nitrogens with zero attached hydrogens (tertiary/aromatic N) is 4. The molecule has 7 nitrogen and oxygen atoms in total. The van der Waals surface area contributed by atoms with Gasteiger partial charge in [-0.05, 0) is 55.9 Å². The number of hydrogen-bond donors (Lipinski definition) is 0. The van der Waals surface area contributed by atoms with E-state index in [9.17, 15) is 10.1 Å². The molecule has 1 unspecified atom stereocenters. The van der Waals surface area contributed by atoms with Crippen LogP contribution in [0, 0.1) is 31.1 Å². The van der Waals surface area contributed by atoms with Crippen LogP contribution in [0.4, 0.5) is 0 Å². The molecule has 3 aromatic rings. The number of ether oxygens (including phenoxy) is 2. The van der Waals surface area contributed by atoms with Gasteiger partial charge in [0, 0.05) is 12.1 Å². The first-order chi connectivity index (χ1) is 17.3. The molecular weight excluding hydrogens is 476 g/mol. The Kier molecular flexibility index (Phi) is 9.38. The minimum atomic E-state index is -0.150. The van der Waals surface area contributed by atoms with E-state index in [2.05, 4.69) is 23.3 Å². The normalized spacial score (nSPS) is 11.6. The van der Waals surface area contributed by atoms with Crippen LogP contribution in [-0.2, 0) is 24.3 Å². The molecule has 1 radical (unpaired) electrons. The summed E-state index contributed by atoms with van der Waals surface area (Å²) in [6.07, 6.45) is 1.75. The number of imidazole rings is 1. The van der Waals surface area contributed by atoms with Gasteiger partial charge >= 0.3 is 0 Å². The summed E-state index contributed by atoms with van der Waals surface area (Å²) in [5.41, 5.74) is 4.39. The topological polar surface area (TPSA) is 91.2 Å². The zero-order valence-corrected chi connectivity index (χ0v) is 22.2. The van der Waals surface area contributed by atoms with Crippen molar-refractivity contribution in [1.29, 1.82) is 5.26 Å². The number of benzene rings is 2. The summed E-state index contributed by atoms with van der Waals surface area (Å²) in [7, 11) is 3.14. The Morgan fingerprint density at radius 3 is 2.61 bits per heavy atom. The smallest absolute Gasteiger partial charge is 0.241 e. The number of hydrogen-bond acceptors (Lipinski definition) is 5. The molecule has 0 spiro atoms. The molecule has 0 aliphatic carbocycles. The summed E-state index contributed by atoms with van der Waals surface area (Å²) in [6, 6.07) is 13.5. The standard InChI is InChI=1S/C28H32ClN4O3/c1-18(14-21-11-12-24(35-4)28(36-5)27(21)29)10-13-26(34)31-16-25-32-19(2)20(3)33(25)17-23-9-7-6-8-22(23)15-30/h6-9,11-12,18H,10,13-14,16-17H2,1-5H3. The molecule has 189 valence electrons. The van der Waals surface area contributed by atoms with Gasteiger partial charge in [0.25, 0.3) is 0 Å². The van der Waals surface area contributed by atoms with E-state index < -0.39 is 0 Å². The van der Waals surface area contributed by atoms with Crippen molar-refractivity contribution in [3.8, 4) is 17.6 Å². The SMILES string of the molecule is COc1ccc(CC(C)CCC(=O)[N]Cc2nc(C)c(C)n2Cc2ccccc2C#N)c(Cl)c1OC. The summed E-state index contributed by atoms with van der Waals surface area (Å²) in [4.78, 5) is 17.2. The zero-order valence-electron chi connectivity index (χ0n) is 21.5. The molecule has 1 amide bonds. The highest BCUT2D eigenvalue weighted by atomic mass is 35.5. The van der Waals surface area contributed by atoms with E-state index in [4.69, 9.17) is 21.1 Å². The second kappa shape index (κ2) is 12.5. The molecule has 1 atom stereocenters. The maximum absolute atomic E-state index is 12.6. The van der Waals surface area contributed by atoms with Crippen molar-refractivity contribution >= 4 is 17.5 Å². The third-order valence-corrected chi connectivity index (χ3v) is 6.80. The van der Waals surface area contributed by atoms with Gasteiger partial charge in [0.1, 0.15) is 12.4 Å². The van der Waals surface area contributed by atoms with Crippen LogP contribution in [-0.4, -0.2) is 29.7 Å². The molecule has 8 heteroatoms. The lowest BCUT2D eigenvalue weighted by atomic mass is 9.96. The van der Waals surface area contributed by atoms with Gasteiger partial charge in [0.15, 0.2) is 11.5 Å². The van der Waals surface area contributed by atoms with Crippen LogP contribution >= 0.6 is 11.6 Å². The van der Waals surface area contributed by atoms with Crippen molar-refractivity contribution in [2.24, 2.45) is 5.92 Å². The summed E-state index contributed by atoms with van der Waals surface area (Å²) in [5, 5.41) is 14.2. The highest BCUT2D eigenvalue weighted by Crippen LogP contribution is 2.38. The third-order valence-electron chi connectivity index (χ3n) is 6.38. The van der Waals surface area contributed by atoms with Crippen molar-refractivity contribution < 1.29 is 14.3 Å². The predicted octanol–water partition coefficient (Wildman–Crippen LogP) is 5.38. The van der Waals surface area contributed by atoms with Gasteiger partial charge in [-0.1, -0.05) is 42.8 Å². The fourth-order valence-electron chi connectivity index (χ4n) is 4.16. The Morgan fingerprint density at radius 1 is 1.17 bits per heavy atom. The van der Waals surface area contributed by atoms with E-state index in [0.29, 0.717) is 47.9 Å². The van der Waals surface area contributed by atoms with Crippen molar-refractivity contribution in [1.82, 2.24) is 14.9 Å². The molecule has 0 saturated heterocycles. The number of rotatable bonds is 11. The maximum Gasteiger partial charge on any atom is 0.241 e. The predicted molar refractivity (Wildman–Crippen MR) is 139 cm³/mol. The molecule has 36 heavy (non-hydrogen) atoms. The Labute approximate surface area is 218 Å². The van der Waals surface area contributed by atoms with Crippen molar-refractivity contribution in [2.75, 3.05) is 14.2 Å². The van der Waals surface area contributed by atoms with E-state index in [1.807, 2.05) is 48.7 Å². The number of carbonyl (C=O) groups excluding carboxylic acids is 1. The van der Waals surface area contributed by atoms with Crippen LogP contribution in [0.25, 0.3) is 0 Å². The van der Waals surface area contributed by atoms with Gasteiger partial charge in [-0.2, -0.15) is 5.26 Å². The van der Waals surface area contributed by atoms with Gasteiger partial charge in [-0.25, -0.2) is 10.3 Å². The minimum Gasteiger partial charge on any atom is -0.493 e. The second-order valence-electron chi connectivity index (χ2n) is 8.89. The monoisotopic (exact) mass is 507 g/mol. The average Bonchev–Trinajstić information content (AvgIpc) is 3.15. The molecule has 0 aliphatic rings. The molecule has 0 bridgehead atoms. The fraction of sp³-hybridized carbons (Fsp3) is 0.393. The minimum absolute atomic E-state index is 0.150. The molecule has 0 aliphatic heterocycles. The van der Waals surface area contributed by atoms with Crippen molar-refractivity contribution in [2.45, 2.75) is 53.1 Å². The summed E-state index contributed by atoms with van der Waals surface area (Å²) in [5.74, 6) is 1.91. The van der Waals surface area contributed by atoms with E-state index >= 15 is 0 Å². The Hall–Kier alpha value is -3.50. The number of aryl methyl sites for hydroxylation is 1. The van der Waals surface area contributed by atoms with E-state index in [-0.39, 0.29) is 18.4 Å². The van der Waals surface area contributed by atoms with Gasteiger partial charge in [0.2, 0.25) is 5.91 Å². The van der Waals surface area contributed by atoms with E-state index in [1.54, 1.807) is 20.3 Å². The lowest BCUT2D eigenvalue weighted by molar-refractivity contribution is -0.121. The van der Waals surface area contributed by atoms with Crippen molar-refractivity contribution in [3.63, 3.8) is 0 Å². The molecule has 0 fully saturated rings. The lowest BCUT2D eigenvalue weighted by Crippen LogP contribution is -2.19. The van der Waals surface area contributed by atoms with Crippen LogP contribution < -0.4 is 14.8 Å². The Morgan fingerprint density at radius 2 is 1.92 bits per heavy atom. The molecule has 0 N–H and O–H groups in total. The number of halogens is 1. The number of methoxy groups -OCH3 is 2. The fourth-order valence-corrected chi connectivity index (χ4v) is 4.48. The van der Waals surface area contributed by atoms with Gasteiger partial charge < -0.3 is 14.0 Å². The third kappa shape index (κ3) is 6.38. The Balaban J connectivity index is 1.58. The van der Waals surface area contributed by atoms with Crippen LogP contribution in [0.5, 0.6) is 11.5 Å². The van der Waals surface area contributed by atoms with Crippen molar-refractivity contribution in [3.05, 3.63) is 75.3 Å². The van der Waals surface area contributed by atoms with Crippen LogP contribution in [0.15, 0.2) is 36.4 Å². The lowest BCUT2D eigenvalue weighted by Gasteiger charge is -2.16. The zero-order chi connectivity index (χ0) is 26.2. The number of carbonyl (C=O) groups is 1. The van der Waals surface area contributed by atoms with Gasteiger partial charge in [0.05, 0.1) is 43.1 Å². The first-order valence-electron chi connectivity index (χ1n) is 11.9. The second-order valence-corrected chi connectivity index (χ2v) is 9.26. The summed E-state index contributed by atoms with van der Waals surface area (Å²) < 4.78 is 12.7. The van der Waals surface area contributed by atoms with Crippen LogP contribution in [0.3, 0.4) is 0 Å². The molecule has 2 aromatic carbocycles. The molecule has 1 heterocycles. The van der Waals surface area contributed by atoms with Gasteiger partial charge in [-0.3, -0.25) is 4.79 Å². The molecule has 1 aromatic heterocycles. The quantitative estimate of drug-likeness (QED) is 0.347. The molecule has 0 saturated carbocycles. The average molecular weight is 508 g/mol. The summed E-state index contributed by atoms with van der Waals surface area (Å²) in [6.45, 7) is 6.74. The van der Waals surface area contributed by atoms with Crippen LogP contribution in [0.1, 0.15) is 53.7 Å².